The molecule has 1 aliphatic rings. The Kier molecular flexibility index (Phi) is 6.45. The fourth-order valence-electron chi connectivity index (χ4n) is 4.24. The lowest BCUT2D eigenvalue weighted by Crippen LogP contribution is -2.49. The van der Waals surface area contributed by atoms with Crippen LogP contribution in [0, 0.1) is 0 Å². The standard InChI is InChI=1S/C26H28N2O2/c29-24-14-8-7-9-21(24)15-16-25(30)27-17-19-28(20-18-27)26(22-10-3-1-4-11-22)23-12-5-2-6-13-23/h1-14,26,29H,15-20H2. The van der Waals surface area contributed by atoms with Crippen LogP contribution in [0.2, 0.25) is 0 Å². The molecule has 1 amide bonds. The molecule has 0 unspecified atom stereocenters. The predicted molar refractivity (Wildman–Crippen MR) is 119 cm³/mol. The summed E-state index contributed by atoms with van der Waals surface area (Å²) >= 11 is 0. The first-order chi connectivity index (χ1) is 14.7. The van der Waals surface area contributed by atoms with Crippen molar-refractivity contribution < 1.29 is 9.90 Å². The van der Waals surface area contributed by atoms with Gasteiger partial charge in [-0.05, 0) is 29.2 Å². The molecule has 0 radical (unpaired) electrons. The molecule has 0 saturated carbocycles. The number of carbonyl (C=O) groups excluding carboxylic acids is 1. The van der Waals surface area contributed by atoms with Crippen LogP contribution < -0.4 is 0 Å². The van der Waals surface area contributed by atoms with Crippen molar-refractivity contribution in [2.75, 3.05) is 26.2 Å². The number of phenolic OH excluding ortho intramolecular Hbond substituents is 1. The second-order valence-corrected chi connectivity index (χ2v) is 7.77. The number of piperazine rings is 1. The van der Waals surface area contributed by atoms with Gasteiger partial charge in [0.25, 0.3) is 0 Å². The van der Waals surface area contributed by atoms with E-state index < -0.39 is 0 Å². The maximum absolute atomic E-state index is 12.7. The number of carbonyl (C=O) groups is 1. The van der Waals surface area contributed by atoms with Crippen LogP contribution in [0.1, 0.15) is 29.2 Å². The molecule has 1 heterocycles. The summed E-state index contributed by atoms with van der Waals surface area (Å²) in [5.74, 6) is 0.428. The normalized spacial score (nSPS) is 14.8. The summed E-state index contributed by atoms with van der Waals surface area (Å²) < 4.78 is 0. The van der Waals surface area contributed by atoms with Crippen LogP contribution in [0.5, 0.6) is 5.75 Å². The third kappa shape index (κ3) is 4.71. The third-order valence-electron chi connectivity index (χ3n) is 5.86. The number of nitrogens with zero attached hydrogens (tertiary/aromatic N) is 2. The number of aromatic hydroxyl groups is 1. The van der Waals surface area contributed by atoms with Crippen molar-refractivity contribution in [1.82, 2.24) is 9.80 Å². The summed E-state index contributed by atoms with van der Waals surface area (Å²) in [4.78, 5) is 17.2. The molecule has 0 aromatic heterocycles. The van der Waals surface area contributed by atoms with E-state index in [9.17, 15) is 9.90 Å². The molecule has 3 aromatic rings. The highest BCUT2D eigenvalue weighted by Crippen LogP contribution is 2.29. The van der Waals surface area contributed by atoms with Gasteiger partial charge in [-0.15, -0.1) is 0 Å². The molecule has 0 bridgehead atoms. The molecule has 30 heavy (non-hydrogen) atoms. The number of rotatable bonds is 6. The van der Waals surface area contributed by atoms with E-state index >= 15 is 0 Å². The first-order valence-corrected chi connectivity index (χ1v) is 10.6. The summed E-state index contributed by atoms with van der Waals surface area (Å²) in [5.41, 5.74) is 3.39. The van der Waals surface area contributed by atoms with Crippen LogP contribution in [0.25, 0.3) is 0 Å². The van der Waals surface area contributed by atoms with Gasteiger partial charge in [0.2, 0.25) is 5.91 Å². The lowest BCUT2D eigenvalue weighted by molar-refractivity contribution is -0.133. The Morgan fingerprint density at radius 1 is 0.767 bits per heavy atom. The Morgan fingerprint density at radius 3 is 1.87 bits per heavy atom. The molecule has 1 aliphatic heterocycles. The van der Waals surface area contributed by atoms with E-state index in [0.29, 0.717) is 12.8 Å². The van der Waals surface area contributed by atoms with Gasteiger partial charge in [0.05, 0.1) is 6.04 Å². The Balaban J connectivity index is 1.40. The van der Waals surface area contributed by atoms with Gasteiger partial charge in [-0.2, -0.15) is 0 Å². The average molecular weight is 401 g/mol. The summed E-state index contributed by atoms with van der Waals surface area (Å²) in [6.07, 6.45) is 1.00. The van der Waals surface area contributed by atoms with E-state index in [1.807, 2.05) is 29.2 Å². The molecule has 0 spiro atoms. The lowest BCUT2D eigenvalue weighted by Gasteiger charge is -2.40. The first kappa shape index (κ1) is 20.2. The van der Waals surface area contributed by atoms with E-state index in [1.54, 1.807) is 12.1 Å². The minimum atomic E-state index is 0.161. The maximum atomic E-state index is 12.7. The molecule has 0 atom stereocenters. The zero-order valence-corrected chi connectivity index (χ0v) is 17.2. The Morgan fingerprint density at radius 2 is 1.30 bits per heavy atom. The fraction of sp³-hybridized carbons (Fsp3) is 0.269. The van der Waals surface area contributed by atoms with Crippen LogP contribution in [-0.2, 0) is 11.2 Å². The number of para-hydroxylation sites is 1. The van der Waals surface area contributed by atoms with E-state index in [2.05, 4.69) is 53.4 Å². The van der Waals surface area contributed by atoms with Crippen LogP contribution >= 0.6 is 0 Å². The SMILES string of the molecule is O=C(CCc1ccccc1O)N1CCN(C(c2ccccc2)c2ccccc2)CC1. The molecule has 1 fully saturated rings. The molecule has 4 heteroatoms. The van der Waals surface area contributed by atoms with Crippen molar-refractivity contribution in [1.29, 1.82) is 0 Å². The van der Waals surface area contributed by atoms with Crippen LogP contribution in [0.3, 0.4) is 0 Å². The number of benzene rings is 3. The molecule has 4 nitrogen and oxygen atoms in total. The average Bonchev–Trinajstić information content (AvgIpc) is 2.80. The van der Waals surface area contributed by atoms with Crippen LogP contribution in [0.4, 0.5) is 0 Å². The highest BCUT2D eigenvalue weighted by atomic mass is 16.3. The van der Waals surface area contributed by atoms with Gasteiger partial charge in [-0.1, -0.05) is 78.9 Å². The lowest BCUT2D eigenvalue weighted by atomic mass is 9.96. The molecule has 3 aromatic carbocycles. The van der Waals surface area contributed by atoms with Gasteiger partial charge in [0.1, 0.15) is 5.75 Å². The second kappa shape index (κ2) is 9.59. The van der Waals surface area contributed by atoms with E-state index in [0.717, 1.165) is 31.7 Å². The topological polar surface area (TPSA) is 43.8 Å². The maximum Gasteiger partial charge on any atom is 0.222 e. The first-order valence-electron chi connectivity index (χ1n) is 10.6. The van der Waals surface area contributed by atoms with Crippen molar-refractivity contribution in [3.05, 3.63) is 102 Å². The molecule has 154 valence electrons. The van der Waals surface area contributed by atoms with Crippen molar-refractivity contribution >= 4 is 5.91 Å². The largest absolute Gasteiger partial charge is 0.508 e. The Hall–Kier alpha value is -3.11. The number of hydrogen-bond acceptors (Lipinski definition) is 3. The predicted octanol–water partition coefficient (Wildman–Crippen LogP) is 4.26. The summed E-state index contributed by atoms with van der Waals surface area (Å²) in [7, 11) is 0. The zero-order valence-electron chi connectivity index (χ0n) is 17.2. The number of hydrogen-bond donors (Lipinski definition) is 1. The highest BCUT2D eigenvalue weighted by Gasteiger charge is 2.27. The van der Waals surface area contributed by atoms with Crippen LogP contribution in [0.15, 0.2) is 84.9 Å². The highest BCUT2D eigenvalue weighted by molar-refractivity contribution is 5.76. The van der Waals surface area contributed by atoms with Crippen molar-refractivity contribution in [3.63, 3.8) is 0 Å². The van der Waals surface area contributed by atoms with Crippen molar-refractivity contribution in [3.8, 4) is 5.75 Å². The quantitative estimate of drug-likeness (QED) is 0.672. The van der Waals surface area contributed by atoms with Crippen molar-refractivity contribution in [2.24, 2.45) is 0 Å². The van der Waals surface area contributed by atoms with Gasteiger partial charge in [0, 0.05) is 32.6 Å². The fourth-order valence-corrected chi connectivity index (χ4v) is 4.24. The Labute approximate surface area is 178 Å². The Bertz CT molecular complexity index is 912. The minimum absolute atomic E-state index is 0.161. The number of amides is 1. The molecular weight excluding hydrogens is 372 g/mol. The van der Waals surface area contributed by atoms with Gasteiger partial charge in [0.15, 0.2) is 0 Å². The number of aryl methyl sites for hydroxylation is 1. The van der Waals surface area contributed by atoms with Crippen LogP contribution in [-0.4, -0.2) is 47.0 Å². The summed E-state index contributed by atoms with van der Waals surface area (Å²) in [6.45, 7) is 3.15. The van der Waals surface area contributed by atoms with Gasteiger partial charge < -0.3 is 10.0 Å². The summed E-state index contributed by atoms with van der Waals surface area (Å²) in [6, 6.07) is 28.6. The van der Waals surface area contributed by atoms with E-state index in [4.69, 9.17) is 0 Å². The van der Waals surface area contributed by atoms with Gasteiger partial charge in [-0.25, -0.2) is 0 Å². The monoisotopic (exact) mass is 400 g/mol. The van der Waals surface area contributed by atoms with E-state index in [-0.39, 0.29) is 17.7 Å². The molecular formula is C26H28N2O2. The summed E-state index contributed by atoms with van der Waals surface area (Å²) in [5, 5.41) is 9.91. The smallest absolute Gasteiger partial charge is 0.222 e. The van der Waals surface area contributed by atoms with Gasteiger partial charge >= 0.3 is 0 Å². The second-order valence-electron chi connectivity index (χ2n) is 7.77. The molecule has 1 saturated heterocycles. The van der Waals surface area contributed by atoms with E-state index in [1.165, 1.54) is 11.1 Å². The van der Waals surface area contributed by atoms with Gasteiger partial charge in [-0.3, -0.25) is 9.69 Å². The van der Waals surface area contributed by atoms with Crippen molar-refractivity contribution in [2.45, 2.75) is 18.9 Å². The molecule has 1 N–H and O–H groups in total. The number of phenols is 1. The minimum Gasteiger partial charge on any atom is -0.508 e. The molecule has 4 rings (SSSR count). The zero-order chi connectivity index (χ0) is 20.8. The third-order valence-corrected chi connectivity index (χ3v) is 5.86. The molecule has 0 aliphatic carbocycles.